The fourth-order valence-electron chi connectivity index (χ4n) is 1.33. The first-order valence-electron chi connectivity index (χ1n) is 5.84. The van der Waals surface area contributed by atoms with Crippen molar-refractivity contribution >= 4 is 23.0 Å². The fraction of sp³-hybridized carbons (Fsp3) is 0.308. The lowest BCUT2D eigenvalue weighted by atomic mass is 10.1. The Balaban J connectivity index is 2.94. The number of nitrogens with zero attached hydrogens (tertiary/aromatic N) is 2. The molecule has 2 N–H and O–H groups in total. The lowest BCUT2D eigenvalue weighted by Gasteiger charge is -2.11. The van der Waals surface area contributed by atoms with Gasteiger partial charge in [-0.25, -0.2) is 4.98 Å². The predicted molar refractivity (Wildman–Crippen MR) is 75.6 cm³/mol. The minimum atomic E-state index is -4.47. The Labute approximate surface area is 124 Å². The summed E-state index contributed by atoms with van der Waals surface area (Å²) < 4.78 is 37.2. The predicted octanol–water partition coefficient (Wildman–Crippen LogP) is 3.83. The second kappa shape index (κ2) is 6.54. The highest BCUT2D eigenvalue weighted by Crippen LogP contribution is 2.28. The molecule has 0 aliphatic carbocycles. The number of nitrogens with one attached hydrogen (secondary N) is 1. The number of allylic oxidation sites excluding steroid dienone is 1. The van der Waals surface area contributed by atoms with Gasteiger partial charge in [0.2, 0.25) is 0 Å². The summed E-state index contributed by atoms with van der Waals surface area (Å²) in [7, 11) is 0. The molecule has 1 heterocycles. The number of nitriles is 1. The Morgan fingerprint density at radius 2 is 2.05 bits per heavy atom. The number of aliphatic hydroxyl groups is 1. The van der Waals surface area contributed by atoms with Gasteiger partial charge in [-0.3, -0.25) is 0 Å². The van der Waals surface area contributed by atoms with Crippen molar-refractivity contribution in [2.45, 2.75) is 20.0 Å². The lowest BCUT2D eigenvalue weighted by Crippen LogP contribution is -2.16. The van der Waals surface area contributed by atoms with Crippen LogP contribution in [0.5, 0.6) is 0 Å². The first kappa shape index (κ1) is 16.9. The average Bonchev–Trinajstić information content (AvgIpc) is 2.38. The standard InChI is InChI=1S/C13H12F3N3OS/c1-7(2)11(20)9(5-17)12(21)19-10-4-3-8(6-18-10)13(14,15)16/h3-4,6-7,20H,1-2H3,(H,18,19,21). The molecule has 0 atom stereocenters. The largest absolute Gasteiger partial charge is 0.511 e. The van der Waals surface area contributed by atoms with E-state index in [9.17, 15) is 18.3 Å². The molecule has 112 valence electrons. The van der Waals surface area contributed by atoms with E-state index in [1.54, 1.807) is 19.9 Å². The highest BCUT2D eigenvalue weighted by molar-refractivity contribution is 7.81. The Hall–Kier alpha value is -2.14. The monoisotopic (exact) mass is 315 g/mol. The van der Waals surface area contributed by atoms with Crippen molar-refractivity contribution in [3.8, 4) is 6.07 Å². The summed E-state index contributed by atoms with van der Waals surface area (Å²) in [6.07, 6.45) is -3.82. The summed E-state index contributed by atoms with van der Waals surface area (Å²) in [5.41, 5.74) is -1.03. The van der Waals surface area contributed by atoms with E-state index < -0.39 is 11.7 Å². The van der Waals surface area contributed by atoms with Gasteiger partial charge in [0.15, 0.2) is 0 Å². The minimum absolute atomic E-state index is 0.0531. The van der Waals surface area contributed by atoms with Crippen LogP contribution in [0.25, 0.3) is 0 Å². The number of aromatic nitrogens is 1. The number of thiocarbonyl (C=S) groups is 1. The second-order valence-corrected chi connectivity index (χ2v) is 4.82. The van der Waals surface area contributed by atoms with Crippen LogP contribution in [-0.2, 0) is 6.18 Å². The Morgan fingerprint density at radius 1 is 1.43 bits per heavy atom. The quantitative estimate of drug-likeness (QED) is 0.384. The van der Waals surface area contributed by atoms with Crippen molar-refractivity contribution in [3.63, 3.8) is 0 Å². The third kappa shape index (κ3) is 4.43. The zero-order valence-corrected chi connectivity index (χ0v) is 12.0. The van der Waals surface area contributed by atoms with E-state index >= 15 is 0 Å². The number of hydrogen-bond donors (Lipinski definition) is 2. The number of halogens is 3. The molecular formula is C13H12F3N3OS. The maximum Gasteiger partial charge on any atom is 0.417 e. The summed E-state index contributed by atoms with van der Waals surface area (Å²) in [6, 6.07) is 3.69. The van der Waals surface area contributed by atoms with E-state index in [1.165, 1.54) is 0 Å². The van der Waals surface area contributed by atoms with Crippen molar-refractivity contribution in [3.05, 3.63) is 35.2 Å². The number of aliphatic hydroxyl groups excluding tert-OH is 1. The highest BCUT2D eigenvalue weighted by atomic mass is 32.1. The normalized spacial score (nSPS) is 12.6. The average molecular weight is 315 g/mol. The van der Waals surface area contributed by atoms with Crippen LogP contribution >= 0.6 is 12.2 Å². The molecule has 8 heteroatoms. The third-order valence-electron chi connectivity index (χ3n) is 2.47. The molecule has 1 rings (SSSR count). The number of rotatable bonds is 3. The zero-order valence-electron chi connectivity index (χ0n) is 11.2. The molecule has 0 aromatic carbocycles. The molecule has 0 radical (unpaired) electrons. The van der Waals surface area contributed by atoms with Crippen LogP contribution in [-0.4, -0.2) is 15.1 Å². The molecule has 0 saturated carbocycles. The first-order chi connectivity index (χ1) is 9.66. The molecule has 0 unspecified atom stereocenters. The van der Waals surface area contributed by atoms with Crippen molar-refractivity contribution in [2.75, 3.05) is 5.32 Å². The van der Waals surface area contributed by atoms with E-state index in [4.69, 9.17) is 17.5 Å². The van der Waals surface area contributed by atoms with Gasteiger partial charge in [0.1, 0.15) is 28.2 Å². The Bertz CT molecular complexity index is 601. The maximum atomic E-state index is 12.4. The van der Waals surface area contributed by atoms with Crippen LogP contribution in [0.15, 0.2) is 29.7 Å². The van der Waals surface area contributed by atoms with Gasteiger partial charge in [-0.15, -0.1) is 0 Å². The zero-order chi connectivity index (χ0) is 16.2. The topological polar surface area (TPSA) is 68.9 Å². The van der Waals surface area contributed by atoms with Crippen LogP contribution in [0.4, 0.5) is 19.0 Å². The van der Waals surface area contributed by atoms with Crippen molar-refractivity contribution in [1.82, 2.24) is 4.98 Å². The smallest absolute Gasteiger partial charge is 0.417 e. The van der Waals surface area contributed by atoms with Gasteiger partial charge < -0.3 is 10.4 Å². The molecule has 1 aromatic rings. The van der Waals surface area contributed by atoms with Crippen molar-refractivity contribution in [1.29, 1.82) is 5.26 Å². The molecular weight excluding hydrogens is 303 g/mol. The van der Waals surface area contributed by atoms with Crippen LogP contribution < -0.4 is 5.32 Å². The van der Waals surface area contributed by atoms with E-state index in [-0.39, 0.29) is 28.1 Å². The molecule has 0 amide bonds. The van der Waals surface area contributed by atoms with E-state index in [0.717, 1.165) is 12.1 Å². The SMILES string of the molecule is CC(C)C(O)=C(C#N)C(=S)Nc1ccc(C(F)(F)F)cn1. The number of alkyl halides is 3. The lowest BCUT2D eigenvalue weighted by molar-refractivity contribution is -0.137. The van der Waals surface area contributed by atoms with Crippen LogP contribution in [0.1, 0.15) is 19.4 Å². The summed E-state index contributed by atoms with van der Waals surface area (Å²) >= 11 is 4.94. The number of pyridine rings is 1. The van der Waals surface area contributed by atoms with Gasteiger partial charge in [0.25, 0.3) is 0 Å². The van der Waals surface area contributed by atoms with Gasteiger partial charge in [-0.05, 0) is 12.1 Å². The summed E-state index contributed by atoms with van der Waals surface area (Å²) in [5.74, 6) is -0.445. The van der Waals surface area contributed by atoms with Crippen LogP contribution in [0, 0.1) is 17.2 Å². The van der Waals surface area contributed by atoms with Crippen molar-refractivity contribution in [2.24, 2.45) is 5.92 Å². The van der Waals surface area contributed by atoms with E-state index in [1.807, 2.05) is 0 Å². The Morgan fingerprint density at radius 3 is 2.43 bits per heavy atom. The third-order valence-corrected chi connectivity index (χ3v) is 2.78. The maximum absolute atomic E-state index is 12.4. The molecule has 0 bridgehead atoms. The molecule has 1 aromatic heterocycles. The van der Waals surface area contributed by atoms with Gasteiger partial charge in [-0.1, -0.05) is 26.1 Å². The van der Waals surface area contributed by atoms with Gasteiger partial charge in [0.05, 0.1) is 5.56 Å². The minimum Gasteiger partial charge on any atom is -0.511 e. The van der Waals surface area contributed by atoms with Crippen molar-refractivity contribution < 1.29 is 18.3 Å². The molecule has 21 heavy (non-hydrogen) atoms. The molecule has 4 nitrogen and oxygen atoms in total. The second-order valence-electron chi connectivity index (χ2n) is 4.41. The highest BCUT2D eigenvalue weighted by Gasteiger charge is 2.30. The van der Waals surface area contributed by atoms with Crippen LogP contribution in [0.3, 0.4) is 0 Å². The summed E-state index contributed by atoms with van der Waals surface area (Å²) in [5, 5.41) is 21.2. The molecule has 0 fully saturated rings. The van der Waals surface area contributed by atoms with Gasteiger partial charge in [0, 0.05) is 12.1 Å². The molecule has 0 aliphatic rings. The van der Waals surface area contributed by atoms with Gasteiger partial charge in [-0.2, -0.15) is 18.4 Å². The molecule has 0 spiro atoms. The Kier molecular flexibility index (Phi) is 5.27. The van der Waals surface area contributed by atoms with Crippen LogP contribution in [0.2, 0.25) is 0 Å². The van der Waals surface area contributed by atoms with Gasteiger partial charge >= 0.3 is 6.18 Å². The van der Waals surface area contributed by atoms with E-state index in [2.05, 4.69) is 10.3 Å². The summed E-state index contributed by atoms with van der Waals surface area (Å²) in [6.45, 7) is 3.34. The van der Waals surface area contributed by atoms with E-state index in [0.29, 0.717) is 6.20 Å². The fourth-order valence-corrected chi connectivity index (χ4v) is 1.58. The molecule has 0 saturated heterocycles. The molecule has 0 aliphatic heterocycles. The number of hydrogen-bond acceptors (Lipinski definition) is 4. The number of anilines is 1. The first-order valence-corrected chi connectivity index (χ1v) is 6.25. The summed E-state index contributed by atoms with van der Waals surface area (Å²) in [4.78, 5) is 3.47.